The average molecular weight is 365 g/mol. The minimum atomic E-state index is -0.200. The van der Waals surface area contributed by atoms with Crippen LogP contribution in [-0.2, 0) is 17.6 Å². The van der Waals surface area contributed by atoms with Crippen molar-refractivity contribution in [2.75, 3.05) is 11.4 Å². The zero-order valence-corrected chi connectivity index (χ0v) is 16.2. The van der Waals surface area contributed by atoms with Gasteiger partial charge >= 0.3 is 0 Å². The van der Waals surface area contributed by atoms with Gasteiger partial charge < -0.3 is 4.90 Å². The molecule has 3 nitrogen and oxygen atoms in total. The summed E-state index contributed by atoms with van der Waals surface area (Å²) in [5.74, 6) is 0.0506. The minimum absolute atomic E-state index is 0.0506. The van der Waals surface area contributed by atoms with E-state index in [1.807, 2.05) is 38.1 Å². The molecule has 1 amide bonds. The fraction of sp³-hybridized carbons (Fsp3) is 0.364. The summed E-state index contributed by atoms with van der Waals surface area (Å²) in [6.45, 7) is 4.40. The molecule has 0 fully saturated rings. The smallest absolute Gasteiger partial charge is 0.240 e. The number of rotatable bonds is 6. The fourth-order valence-corrected chi connectivity index (χ4v) is 4.34. The molecule has 0 radical (unpaired) electrons. The Hall–Kier alpha value is -2.25. The maximum Gasteiger partial charge on any atom is 0.240 e. The second kappa shape index (κ2) is 8.42. The number of hydrogen-bond acceptors (Lipinski definition) is 3. The molecule has 26 heavy (non-hydrogen) atoms. The Kier molecular flexibility index (Phi) is 6.00. The van der Waals surface area contributed by atoms with Gasteiger partial charge in [0.1, 0.15) is 0 Å². The monoisotopic (exact) mass is 364 g/mol. The van der Waals surface area contributed by atoms with Crippen LogP contribution in [0.3, 0.4) is 0 Å². The predicted octanol–water partition coefficient (Wildman–Crippen LogP) is 4.91. The summed E-state index contributed by atoms with van der Waals surface area (Å²) >= 11 is 1.60. The molecule has 134 valence electrons. The number of hydrogen-bond donors (Lipinski definition) is 0. The molecule has 0 aliphatic heterocycles. The zero-order valence-electron chi connectivity index (χ0n) is 15.4. The van der Waals surface area contributed by atoms with Crippen LogP contribution in [0.2, 0.25) is 0 Å². The van der Waals surface area contributed by atoms with Crippen molar-refractivity contribution in [3.63, 3.8) is 0 Å². The molecule has 0 N–H and O–H groups in total. The van der Waals surface area contributed by atoms with E-state index in [1.54, 1.807) is 16.7 Å². The van der Waals surface area contributed by atoms with E-state index in [4.69, 9.17) is 5.26 Å². The molecule has 0 spiro atoms. The number of amides is 1. The van der Waals surface area contributed by atoms with Crippen LogP contribution in [-0.4, -0.2) is 17.7 Å². The molecular weight excluding hydrogens is 340 g/mol. The molecule has 0 aromatic heterocycles. The first-order chi connectivity index (χ1) is 12.6. The van der Waals surface area contributed by atoms with Crippen LogP contribution in [0.1, 0.15) is 36.5 Å². The lowest BCUT2D eigenvalue weighted by Gasteiger charge is -2.25. The lowest BCUT2D eigenvalue weighted by molar-refractivity contribution is -0.117. The number of nitriles is 1. The lowest BCUT2D eigenvalue weighted by atomic mass is 10.1. The number of carbonyl (C=O) groups is 1. The van der Waals surface area contributed by atoms with Gasteiger partial charge in [-0.2, -0.15) is 5.26 Å². The largest absolute Gasteiger partial charge is 0.310 e. The minimum Gasteiger partial charge on any atom is -0.310 e. The number of nitrogens with zero attached hydrogens (tertiary/aromatic N) is 2. The highest BCUT2D eigenvalue weighted by molar-refractivity contribution is 8.00. The number of anilines is 1. The molecule has 2 aromatic carbocycles. The van der Waals surface area contributed by atoms with E-state index in [0.29, 0.717) is 13.0 Å². The number of thioether (sulfide) groups is 1. The number of fused-ring (bicyclic) bond motifs is 1. The summed E-state index contributed by atoms with van der Waals surface area (Å²) in [7, 11) is 0. The van der Waals surface area contributed by atoms with Gasteiger partial charge in [0, 0.05) is 17.1 Å². The third-order valence-electron chi connectivity index (χ3n) is 4.79. The van der Waals surface area contributed by atoms with Gasteiger partial charge in [0.25, 0.3) is 0 Å². The van der Waals surface area contributed by atoms with E-state index in [-0.39, 0.29) is 11.2 Å². The standard InChI is InChI=1S/C22H24N2OS/c1-16-7-10-20(11-8-16)24(14-4-13-23)22(25)17(2)26-21-12-9-18-5-3-6-19(18)15-21/h7-12,15,17H,3-6,14H2,1-2H3. The third-order valence-corrected chi connectivity index (χ3v) is 5.87. The van der Waals surface area contributed by atoms with Gasteiger partial charge in [-0.05, 0) is 68.5 Å². The molecule has 2 aromatic rings. The van der Waals surface area contributed by atoms with Gasteiger partial charge in [-0.25, -0.2) is 0 Å². The predicted molar refractivity (Wildman–Crippen MR) is 108 cm³/mol. The Morgan fingerprint density at radius 3 is 2.65 bits per heavy atom. The van der Waals surface area contributed by atoms with Crippen LogP contribution < -0.4 is 4.90 Å². The third kappa shape index (κ3) is 4.28. The number of benzene rings is 2. The fourth-order valence-electron chi connectivity index (χ4n) is 3.35. The van der Waals surface area contributed by atoms with E-state index in [1.165, 1.54) is 24.0 Å². The highest BCUT2D eigenvalue weighted by Crippen LogP contribution is 2.31. The first kappa shape index (κ1) is 18.5. The molecule has 0 saturated heterocycles. The Morgan fingerprint density at radius 1 is 1.19 bits per heavy atom. The van der Waals surface area contributed by atoms with Gasteiger partial charge in [0.2, 0.25) is 5.91 Å². The van der Waals surface area contributed by atoms with E-state index in [0.717, 1.165) is 22.6 Å². The van der Waals surface area contributed by atoms with Crippen molar-refractivity contribution in [2.24, 2.45) is 0 Å². The molecule has 1 atom stereocenters. The van der Waals surface area contributed by atoms with E-state index in [9.17, 15) is 4.79 Å². The van der Waals surface area contributed by atoms with Gasteiger partial charge in [0.15, 0.2) is 0 Å². The van der Waals surface area contributed by atoms with E-state index < -0.39 is 0 Å². The Labute approximate surface area is 160 Å². The van der Waals surface area contributed by atoms with Crippen LogP contribution in [0.4, 0.5) is 5.69 Å². The second-order valence-corrected chi connectivity index (χ2v) is 8.19. The van der Waals surface area contributed by atoms with Gasteiger partial charge in [0.05, 0.1) is 17.7 Å². The maximum absolute atomic E-state index is 13.1. The average Bonchev–Trinajstić information content (AvgIpc) is 3.11. The first-order valence-corrected chi connectivity index (χ1v) is 10.00. The molecule has 0 bridgehead atoms. The lowest BCUT2D eigenvalue weighted by Crippen LogP contribution is -2.37. The van der Waals surface area contributed by atoms with Crippen molar-refractivity contribution in [2.45, 2.75) is 49.7 Å². The first-order valence-electron chi connectivity index (χ1n) is 9.12. The Morgan fingerprint density at radius 2 is 1.92 bits per heavy atom. The van der Waals surface area contributed by atoms with Crippen LogP contribution in [0.25, 0.3) is 0 Å². The topological polar surface area (TPSA) is 44.1 Å². The molecule has 3 rings (SSSR count). The zero-order chi connectivity index (χ0) is 18.5. The van der Waals surface area contributed by atoms with Crippen molar-refractivity contribution in [3.8, 4) is 6.07 Å². The van der Waals surface area contributed by atoms with Crippen LogP contribution >= 0.6 is 11.8 Å². The van der Waals surface area contributed by atoms with Crippen LogP contribution in [0.5, 0.6) is 0 Å². The Bertz CT molecular complexity index is 823. The van der Waals surface area contributed by atoms with Crippen molar-refractivity contribution in [1.29, 1.82) is 5.26 Å². The quantitative estimate of drug-likeness (QED) is 0.684. The van der Waals surface area contributed by atoms with Crippen LogP contribution in [0.15, 0.2) is 47.4 Å². The SMILES string of the molecule is Cc1ccc(N(CCC#N)C(=O)C(C)Sc2ccc3c(c2)CCC3)cc1. The molecule has 0 heterocycles. The van der Waals surface area contributed by atoms with E-state index in [2.05, 4.69) is 24.3 Å². The number of carbonyl (C=O) groups excluding carboxylic acids is 1. The summed E-state index contributed by atoms with van der Waals surface area (Å²) < 4.78 is 0. The normalized spacial score (nSPS) is 13.7. The summed E-state index contributed by atoms with van der Waals surface area (Å²) in [6, 6.07) is 16.6. The summed E-state index contributed by atoms with van der Waals surface area (Å²) in [6.07, 6.45) is 3.87. The van der Waals surface area contributed by atoms with Crippen molar-refractivity contribution in [3.05, 3.63) is 59.2 Å². The molecule has 4 heteroatoms. The molecule has 1 aliphatic rings. The molecular formula is C22H24N2OS. The van der Waals surface area contributed by atoms with Crippen LogP contribution in [0, 0.1) is 18.3 Å². The van der Waals surface area contributed by atoms with Gasteiger partial charge in [-0.15, -0.1) is 11.8 Å². The van der Waals surface area contributed by atoms with Gasteiger partial charge in [-0.1, -0.05) is 23.8 Å². The van der Waals surface area contributed by atoms with E-state index >= 15 is 0 Å². The number of aryl methyl sites for hydroxylation is 3. The highest BCUT2D eigenvalue weighted by atomic mass is 32.2. The second-order valence-electron chi connectivity index (χ2n) is 6.78. The van der Waals surface area contributed by atoms with Crippen molar-refractivity contribution < 1.29 is 4.79 Å². The molecule has 1 aliphatic carbocycles. The highest BCUT2D eigenvalue weighted by Gasteiger charge is 2.23. The van der Waals surface area contributed by atoms with Crippen molar-refractivity contribution in [1.82, 2.24) is 0 Å². The Balaban J connectivity index is 1.75. The summed E-state index contributed by atoms with van der Waals surface area (Å²) in [4.78, 5) is 16.0. The summed E-state index contributed by atoms with van der Waals surface area (Å²) in [5, 5.41) is 8.76. The molecule has 1 unspecified atom stereocenters. The van der Waals surface area contributed by atoms with Crippen molar-refractivity contribution >= 4 is 23.4 Å². The molecule has 0 saturated carbocycles. The van der Waals surface area contributed by atoms with Gasteiger partial charge in [-0.3, -0.25) is 4.79 Å². The maximum atomic E-state index is 13.1. The summed E-state index contributed by atoms with van der Waals surface area (Å²) in [5.41, 5.74) is 4.89.